The van der Waals surface area contributed by atoms with Gasteiger partial charge in [-0.1, -0.05) is 20.3 Å². The molecule has 0 saturated carbocycles. The normalized spacial score (nSPS) is 13.4. The number of nitrogens with zero attached hydrogens (tertiary/aromatic N) is 2. The molecule has 0 unspecified atom stereocenters. The molecular formula is C26H29N3O5S. The van der Waals surface area contributed by atoms with Gasteiger partial charge in [-0.25, -0.2) is 9.78 Å². The van der Waals surface area contributed by atoms with Gasteiger partial charge in [-0.05, 0) is 55.5 Å². The fourth-order valence-electron chi connectivity index (χ4n) is 4.21. The Labute approximate surface area is 207 Å². The molecular weight excluding hydrogens is 466 g/mol. The zero-order valence-corrected chi connectivity index (χ0v) is 21.0. The highest BCUT2D eigenvalue weighted by molar-refractivity contribution is 7.20. The first-order chi connectivity index (χ1) is 16.7. The van der Waals surface area contributed by atoms with E-state index in [0.29, 0.717) is 44.9 Å². The highest BCUT2D eigenvalue weighted by Gasteiger charge is 2.23. The number of aryl methyl sites for hydroxylation is 2. The van der Waals surface area contributed by atoms with E-state index in [0.717, 1.165) is 42.8 Å². The van der Waals surface area contributed by atoms with Gasteiger partial charge in [0.2, 0.25) is 5.91 Å². The molecule has 3 heterocycles. The van der Waals surface area contributed by atoms with Crippen LogP contribution in [0.4, 0.5) is 5.69 Å². The maximum Gasteiger partial charge on any atom is 0.349 e. The standard InChI is InChI=1S/C26H29N3O5S/c1-15(2)13-21(31)27-18-10-8-17(9-11-18)19(30)14-34-26(33)23-16(3)22-24(35-23)28-20-7-5-4-6-12-29(20)25(22)32/h8-11,15H,4-7,12-14H2,1-3H3,(H,27,31). The molecule has 1 aliphatic heterocycles. The molecule has 8 nitrogen and oxygen atoms in total. The van der Waals surface area contributed by atoms with Crippen molar-refractivity contribution in [2.24, 2.45) is 5.92 Å². The number of amides is 1. The number of rotatable bonds is 7. The summed E-state index contributed by atoms with van der Waals surface area (Å²) in [5.41, 5.74) is 1.40. The van der Waals surface area contributed by atoms with Crippen molar-refractivity contribution >= 4 is 44.9 Å². The monoisotopic (exact) mass is 495 g/mol. The maximum atomic E-state index is 13.1. The van der Waals surface area contributed by atoms with E-state index in [-0.39, 0.29) is 23.2 Å². The minimum Gasteiger partial charge on any atom is -0.453 e. The molecule has 1 amide bonds. The van der Waals surface area contributed by atoms with Crippen LogP contribution in [0.25, 0.3) is 10.2 Å². The summed E-state index contributed by atoms with van der Waals surface area (Å²) in [5, 5.41) is 3.24. The fraction of sp³-hybridized carbons (Fsp3) is 0.423. The number of benzene rings is 1. The smallest absolute Gasteiger partial charge is 0.349 e. The molecule has 0 radical (unpaired) electrons. The van der Waals surface area contributed by atoms with E-state index < -0.39 is 12.6 Å². The largest absolute Gasteiger partial charge is 0.453 e. The fourth-order valence-corrected chi connectivity index (χ4v) is 5.29. The number of carbonyl (C=O) groups is 3. The number of ether oxygens (including phenoxy) is 1. The van der Waals surface area contributed by atoms with Crippen LogP contribution in [-0.4, -0.2) is 33.8 Å². The molecule has 9 heteroatoms. The first-order valence-electron chi connectivity index (χ1n) is 11.9. The Hall–Kier alpha value is -3.33. The van der Waals surface area contributed by atoms with Gasteiger partial charge in [0.05, 0.1) is 5.39 Å². The van der Waals surface area contributed by atoms with Gasteiger partial charge in [-0.3, -0.25) is 19.0 Å². The lowest BCUT2D eigenvalue weighted by atomic mass is 10.1. The van der Waals surface area contributed by atoms with Crippen molar-refractivity contribution in [2.75, 3.05) is 11.9 Å². The van der Waals surface area contributed by atoms with E-state index >= 15 is 0 Å². The van der Waals surface area contributed by atoms with Gasteiger partial charge in [0.1, 0.15) is 15.5 Å². The quantitative estimate of drug-likeness (QED) is 0.382. The molecule has 0 spiro atoms. The average Bonchev–Trinajstić information content (AvgIpc) is 2.98. The van der Waals surface area contributed by atoms with Gasteiger partial charge in [0.15, 0.2) is 12.4 Å². The van der Waals surface area contributed by atoms with Crippen molar-refractivity contribution in [3.8, 4) is 0 Å². The number of aromatic nitrogens is 2. The van der Waals surface area contributed by atoms with Crippen LogP contribution in [0.2, 0.25) is 0 Å². The number of carbonyl (C=O) groups excluding carboxylic acids is 3. The van der Waals surface area contributed by atoms with E-state index in [1.54, 1.807) is 35.8 Å². The number of hydrogen-bond acceptors (Lipinski definition) is 7. The number of thiophene rings is 1. The molecule has 1 aromatic carbocycles. The Balaban J connectivity index is 1.44. The molecule has 1 N–H and O–H groups in total. The summed E-state index contributed by atoms with van der Waals surface area (Å²) >= 11 is 1.13. The Kier molecular flexibility index (Phi) is 7.45. The highest BCUT2D eigenvalue weighted by atomic mass is 32.1. The summed E-state index contributed by atoms with van der Waals surface area (Å²) in [7, 11) is 0. The lowest BCUT2D eigenvalue weighted by molar-refractivity contribution is -0.116. The van der Waals surface area contributed by atoms with Gasteiger partial charge in [-0.2, -0.15) is 0 Å². The van der Waals surface area contributed by atoms with Crippen LogP contribution in [0.1, 0.15) is 70.9 Å². The van der Waals surface area contributed by atoms with E-state index in [4.69, 9.17) is 4.74 Å². The Morgan fingerprint density at radius 2 is 1.89 bits per heavy atom. The molecule has 0 bridgehead atoms. The zero-order chi connectivity index (χ0) is 25.1. The molecule has 3 aromatic rings. The van der Waals surface area contributed by atoms with Gasteiger partial charge in [0, 0.05) is 30.6 Å². The summed E-state index contributed by atoms with van der Waals surface area (Å²) in [6, 6.07) is 6.46. The van der Waals surface area contributed by atoms with E-state index in [2.05, 4.69) is 10.3 Å². The van der Waals surface area contributed by atoms with Gasteiger partial charge in [0.25, 0.3) is 5.56 Å². The van der Waals surface area contributed by atoms with E-state index in [1.165, 1.54) is 0 Å². The van der Waals surface area contributed by atoms with Crippen molar-refractivity contribution in [2.45, 2.75) is 59.4 Å². The summed E-state index contributed by atoms with van der Waals surface area (Å²) in [5.74, 6) is -0.0738. The predicted molar refractivity (Wildman–Crippen MR) is 135 cm³/mol. The maximum absolute atomic E-state index is 13.1. The number of anilines is 1. The van der Waals surface area contributed by atoms with Gasteiger partial charge < -0.3 is 10.1 Å². The van der Waals surface area contributed by atoms with Crippen LogP contribution < -0.4 is 10.9 Å². The van der Waals surface area contributed by atoms with Crippen LogP contribution in [0, 0.1) is 12.8 Å². The van der Waals surface area contributed by atoms with Crippen LogP contribution in [0.5, 0.6) is 0 Å². The van der Waals surface area contributed by atoms with Crippen molar-refractivity contribution in [3.05, 3.63) is 56.4 Å². The van der Waals surface area contributed by atoms with Crippen LogP contribution in [0.3, 0.4) is 0 Å². The molecule has 2 aromatic heterocycles. The van der Waals surface area contributed by atoms with E-state index in [1.807, 2.05) is 13.8 Å². The summed E-state index contributed by atoms with van der Waals surface area (Å²) in [4.78, 5) is 55.8. The van der Waals surface area contributed by atoms with Gasteiger partial charge in [-0.15, -0.1) is 11.3 Å². The number of nitrogens with one attached hydrogen (secondary N) is 1. The summed E-state index contributed by atoms with van der Waals surface area (Å²) in [6.45, 7) is 5.87. The predicted octanol–water partition coefficient (Wildman–Crippen LogP) is 4.52. The first-order valence-corrected chi connectivity index (χ1v) is 12.7. The highest BCUT2D eigenvalue weighted by Crippen LogP contribution is 2.29. The third-order valence-corrected chi connectivity index (χ3v) is 7.18. The number of hydrogen-bond donors (Lipinski definition) is 1. The average molecular weight is 496 g/mol. The molecule has 1 aliphatic rings. The zero-order valence-electron chi connectivity index (χ0n) is 20.2. The van der Waals surface area contributed by atoms with Crippen molar-refractivity contribution in [1.82, 2.24) is 9.55 Å². The number of esters is 1. The van der Waals surface area contributed by atoms with Crippen molar-refractivity contribution in [1.29, 1.82) is 0 Å². The minimum atomic E-state index is -0.643. The number of ketones is 1. The molecule has 0 aliphatic carbocycles. The van der Waals surface area contributed by atoms with Crippen molar-refractivity contribution < 1.29 is 19.1 Å². The van der Waals surface area contributed by atoms with Crippen LogP contribution in [-0.2, 0) is 22.5 Å². The second-order valence-electron chi connectivity index (χ2n) is 9.25. The number of Topliss-reactive ketones (excluding diaryl/α,β-unsaturated/α-hetero) is 1. The molecule has 184 valence electrons. The SMILES string of the molecule is Cc1c(C(=O)OCC(=O)c2ccc(NC(=O)CC(C)C)cc2)sc2nc3n(c(=O)c12)CCCCC3. The van der Waals surface area contributed by atoms with Crippen molar-refractivity contribution in [3.63, 3.8) is 0 Å². The van der Waals surface area contributed by atoms with Gasteiger partial charge >= 0.3 is 5.97 Å². The molecule has 0 fully saturated rings. The molecule has 35 heavy (non-hydrogen) atoms. The van der Waals surface area contributed by atoms with E-state index in [9.17, 15) is 19.2 Å². The molecule has 4 rings (SSSR count). The number of fused-ring (bicyclic) bond motifs is 2. The third-order valence-electron chi connectivity index (χ3n) is 6.02. The third kappa shape index (κ3) is 5.51. The first kappa shape index (κ1) is 24.8. The lowest BCUT2D eigenvalue weighted by Gasteiger charge is -2.08. The Morgan fingerprint density at radius 1 is 1.14 bits per heavy atom. The van der Waals surface area contributed by atoms with Crippen LogP contribution >= 0.6 is 11.3 Å². The molecule has 0 saturated heterocycles. The Morgan fingerprint density at radius 3 is 2.60 bits per heavy atom. The topological polar surface area (TPSA) is 107 Å². The second-order valence-corrected chi connectivity index (χ2v) is 10.3. The summed E-state index contributed by atoms with van der Waals surface area (Å²) in [6.07, 6.45) is 4.15. The summed E-state index contributed by atoms with van der Waals surface area (Å²) < 4.78 is 7.02. The lowest BCUT2D eigenvalue weighted by Crippen LogP contribution is -2.24. The molecule has 0 atom stereocenters. The van der Waals surface area contributed by atoms with Crippen LogP contribution in [0.15, 0.2) is 29.1 Å². The minimum absolute atomic E-state index is 0.0859. The second kappa shape index (κ2) is 10.5. The Bertz CT molecular complexity index is 1340.